The second-order valence-corrected chi connectivity index (χ2v) is 7.22. The summed E-state index contributed by atoms with van der Waals surface area (Å²) in [6, 6.07) is 6.40. The Bertz CT molecular complexity index is 588. The van der Waals surface area contributed by atoms with Crippen molar-refractivity contribution in [3.8, 4) is 0 Å². The largest absolute Gasteiger partial charge is 0.388 e. The molecule has 1 fully saturated rings. The van der Waals surface area contributed by atoms with E-state index >= 15 is 0 Å². The molecule has 1 aromatic carbocycles. The number of aryl methyl sites for hydroxylation is 1. The molecule has 4 atom stereocenters. The molecule has 1 N–H and O–H groups in total. The van der Waals surface area contributed by atoms with Crippen molar-refractivity contribution in [1.82, 2.24) is 0 Å². The van der Waals surface area contributed by atoms with Gasteiger partial charge in [0.2, 0.25) is 0 Å². The second-order valence-electron chi connectivity index (χ2n) is 5.64. The zero-order valence-electron chi connectivity index (χ0n) is 12.9. The smallest absolute Gasteiger partial charge is 0.297 e. The summed E-state index contributed by atoms with van der Waals surface area (Å²) in [7, 11) is -0.602. The molecule has 0 spiro atoms. The molecule has 0 amide bonds. The lowest BCUT2D eigenvalue weighted by Crippen LogP contribution is -2.35. The first kappa shape index (κ1) is 17.4. The summed E-state index contributed by atoms with van der Waals surface area (Å²) in [5.41, 5.74) is 0.959. The SMILES string of the molecule is BC1CC(OCOC)C(O)C1OS(=O)(=O)c1ccc(C)cc1. The van der Waals surface area contributed by atoms with Gasteiger partial charge < -0.3 is 14.6 Å². The quantitative estimate of drug-likeness (QED) is 0.458. The van der Waals surface area contributed by atoms with Crippen LogP contribution >= 0.6 is 0 Å². The maximum atomic E-state index is 12.3. The first-order valence-electron chi connectivity index (χ1n) is 7.13. The van der Waals surface area contributed by atoms with E-state index in [0.717, 1.165) is 5.56 Å². The molecule has 122 valence electrons. The van der Waals surface area contributed by atoms with Gasteiger partial charge in [-0.2, -0.15) is 8.42 Å². The lowest BCUT2D eigenvalue weighted by molar-refractivity contribution is -0.112. The van der Waals surface area contributed by atoms with E-state index in [2.05, 4.69) is 0 Å². The number of ether oxygens (including phenoxy) is 2. The van der Waals surface area contributed by atoms with Gasteiger partial charge in [0.1, 0.15) is 26.8 Å². The van der Waals surface area contributed by atoms with E-state index in [1.807, 2.05) is 14.8 Å². The fourth-order valence-electron chi connectivity index (χ4n) is 2.57. The number of benzene rings is 1. The van der Waals surface area contributed by atoms with Crippen molar-refractivity contribution in [3.05, 3.63) is 29.8 Å². The Hall–Kier alpha value is -0.925. The molecule has 0 bridgehead atoms. The summed E-state index contributed by atoms with van der Waals surface area (Å²) >= 11 is 0. The minimum Gasteiger partial charge on any atom is -0.388 e. The van der Waals surface area contributed by atoms with E-state index in [0.29, 0.717) is 6.42 Å². The van der Waals surface area contributed by atoms with Crippen molar-refractivity contribution in [2.24, 2.45) is 0 Å². The molecular formula is C14H21BO6S. The van der Waals surface area contributed by atoms with Crippen LogP contribution in [0.4, 0.5) is 0 Å². The van der Waals surface area contributed by atoms with Gasteiger partial charge in [-0.3, -0.25) is 4.18 Å². The predicted octanol–water partition coefficient (Wildman–Crippen LogP) is 0.244. The average molecular weight is 328 g/mol. The highest BCUT2D eigenvalue weighted by Gasteiger charge is 2.44. The van der Waals surface area contributed by atoms with Crippen LogP contribution in [-0.2, 0) is 23.8 Å². The molecule has 1 aliphatic rings. The van der Waals surface area contributed by atoms with Gasteiger partial charge >= 0.3 is 0 Å². The lowest BCUT2D eigenvalue weighted by atomic mass is 9.84. The number of rotatable bonds is 6. The van der Waals surface area contributed by atoms with Gasteiger partial charge in [-0.25, -0.2) is 0 Å². The fraction of sp³-hybridized carbons (Fsp3) is 0.571. The van der Waals surface area contributed by atoms with Crippen LogP contribution in [0, 0.1) is 6.92 Å². The van der Waals surface area contributed by atoms with Crippen LogP contribution in [0.5, 0.6) is 0 Å². The third kappa shape index (κ3) is 3.88. The van der Waals surface area contributed by atoms with Gasteiger partial charge in [0, 0.05) is 7.11 Å². The van der Waals surface area contributed by atoms with Gasteiger partial charge in [0.15, 0.2) is 0 Å². The first-order valence-corrected chi connectivity index (χ1v) is 8.54. The standard InChI is InChI=1S/C14H21BO6S/c1-9-3-5-10(6-4-9)22(17,18)21-14-11(15)7-12(13(14)16)20-8-19-2/h3-6,11-14,16H,7-8,15H2,1-2H3. The number of aliphatic hydroxyl groups excluding tert-OH is 1. The number of hydrogen-bond donors (Lipinski definition) is 1. The zero-order chi connectivity index (χ0) is 16.3. The maximum Gasteiger partial charge on any atom is 0.297 e. The highest BCUT2D eigenvalue weighted by molar-refractivity contribution is 7.86. The first-order chi connectivity index (χ1) is 10.3. The van der Waals surface area contributed by atoms with E-state index in [4.69, 9.17) is 13.7 Å². The van der Waals surface area contributed by atoms with Crippen LogP contribution < -0.4 is 0 Å². The maximum absolute atomic E-state index is 12.3. The molecule has 0 aliphatic heterocycles. The summed E-state index contributed by atoms with van der Waals surface area (Å²) < 4.78 is 40.1. The minimum absolute atomic E-state index is 0.0475. The van der Waals surface area contributed by atoms with Crippen LogP contribution in [0.2, 0.25) is 5.82 Å². The molecule has 1 saturated carbocycles. The Kier molecular flexibility index (Phi) is 5.62. The van der Waals surface area contributed by atoms with Gasteiger partial charge in [0.05, 0.1) is 11.0 Å². The molecule has 1 aromatic rings. The molecule has 4 unspecified atom stereocenters. The molecule has 6 nitrogen and oxygen atoms in total. The summed E-state index contributed by atoms with van der Waals surface area (Å²) in [5, 5.41) is 10.2. The van der Waals surface area contributed by atoms with Crippen LogP contribution in [0.25, 0.3) is 0 Å². The predicted molar refractivity (Wildman–Crippen MR) is 82.9 cm³/mol. The fourth-order valence-corrected chi connectivity index (χ4v) is 3.75. The van der Waals surface area contributed by atoms with Gasteiger partial charge in [0.25, 0.3) is 10.1 Å². The third-order valence-electron chi connectivity index (χ3n) is 3.83. The van der Waals surface area contributed by atoms with Crippen LogP contribution in [0.3, 0.4) is 0 Å². The summed E-state index contributed by atoms with van der Waals surface area (Å²) in [5.74, 6) is -0.142. The Labute approximate surface area is 131 Å². The van der Waals surface area contributed by atoms with Gasteiger partial charge in [-0.15, -0.1) is 0 Å². The van der Waals surface area contributed by atoms with Crippen molar-refractivity contribution in [2.45, 2.75) is 42.4 Å². The van der Waals surface area contributed by atoms with E-state index in [9.17, 15) is 13.5 Å². The van der Waals surface area contributed by atoms with Gasteiger partial charge in [-0.05, 0) is 31.3 Å². The van der Waals surface area contributed by atoms with Gasteiger partial charge in [-0.1, -0.05) is 17.7 Å². The van der Waals surface area contributed by atoms with Crippen molar-refractivity contribution in [3.63, 3.8) is 0 Å². The number of aliphatic hydroxyl groups is 1. The van der Waals surface area contributed by atoms with E-state index in [1.165, 1.54) is 19.2 Å². The number of hydrogen-bond acceptors (Lipinski definition) is 6. The van der Waals surface area contributed by atoms with Crippen molar-refractivity contribution in [2.75, 3.05) is 13.9 Å². The molecule has 0 saturated heterocycles. The molecule has 0 heterocycles. The highest BCUT2D eigenvalue weighted by Crippen LogP contribution is 2.35. The summed E-state index contributed by atoms with van der Waals surface area (Å²) in [4.78, 5) is 0.0822. The molecule has 8 heteroatoms. The van der Waals surface area contributed by atoms with Crippen molar-refractivity contribution >= 4 is 18.0 Å². The van der Waals surface area contributed by atoms with E-state index in [-0.39, 0.29) is 17.5 Å². The Morgan fingerprint density at radius 1 is 1.32 bits per heavy atom. The number of methoxy groups -OCH3 is 1. The van der Waals surface area contributed by atoms with E-state index < -0.39 is 28.4 Å². The molecule has 0 aromatic heterocycles. The third-order valence-corrected chi connectivity index (χ3v) is 5.15. The Morgan fingerprint density at radius 3 is 2.55 bits per heavy atom. The highest BCUT2D eigenvalue weighted by atomic mass is 32.2. The molecule has 1 aliphatic carbocycles. The zero-order valence-corrected chi connectivity index (χ0v) is 13.7. The van der Waals surface area contributed by atoms with E-state index in [1.54, 1.807) is 12.1 Å². The topological polar surface area (TPSA) is 82.1 Å². The summed E-state index contributed by atoms with van der Waals surface area (Å²) in [6.45, 7) is 1.92. The monoisotopic (exact) mass is 328 g/mol. The molecule has 0 radical (unpaired) electrons. The molecular weight excluding hydrogens is 307 g/mol. The minimum atomic E-state index is -3.92. The summed E-state index contributed by atoms with van der Waals surface area (Å²) in [6.07, 6.45) is -1.81. The molecule has 22 heavy (non-hydrogen) atoms. The Morgan fingerprint density at radius 2 is 1.95 bits per heavy atom. The van der Waals surface area contributed by atoms with Crippen LogP contribution in [-0.4, -0.2) is 53.6 Å². The van der Waals surface area contributed by atoms with Crippen molar-refractivity contribution in [1.29, 1.82) is 0 Å². The second kappa shape index (κ2) is 7.10. The normalized spacial score (nSPS) is 28.9. The average Bonchev–Trinajstić information content (AvgIpc) is 2.73. The van der Waals surface area contributed by atoms with Crippen molar-refractivity contribution < 1.29 is 27.2 Å². The van der Waals surface area contributed by atoms with Crippen LogP contribution in [0.1, 0.15) is 12.0 Å². The Balaban J connectivity index is 2.10. The molecule has 2 rings (SSSR count). The lowest BCUT2D eigenvalue weighted by Gasteiger charge is -2.21. The van der Waals surface area contributed by atoms with Crippen LogP contribution in [0.15, 0.2) is 29.2 Å².